The first-order valence-electron chi connectivity index (χ1n) is 10.4. The van der Waals surface area contributed by atoms with Crippen molar-refractivity contribution in [3.8, 4) is 5.75 Å². The fourth-order valence-corrected chi connectivity index (χ4v) is 4.02. The number of Topliss-reactive ketones (excluding diaryl/α,β-unsaturated/α-hetero) is 1. The third-order valence-corrected chi connectivity index (χ3v) is 5.92. The minimum absolute atomic E-state index is 0.0511. The van der Waals surface area contributed by atoms with Crippen LogP contribution in [0, 0.1) is 0 Å². The third kappa shape index (κ3) is 5.47. The van der Waals surface area contributed by atoms with Crippen LogP contribution in [-0.2, 0) is 20.7 Å². The zero-order chi connectivity index (χ0) is 23.3. The van der Waals surface area contributed by atoms with Gasteiger partial charge in [0.2, 0.25) is 5.91 Å². The molecule has 0 N–H and O–H groups in total. The molecule has 7 nitrogen and oxygen atoms in total. The summed E-state index contributed by atoms with van der Waals surface area (Å²) in [5, 5.41) is 0.594. The maximum absolute atomic E-state index is 13.0. The Hall–Kier alpha value is -2.90. The molecule has 3 rings (SSSR count). The summed E-state index contributed by atoms with van der Waals surface area (Å²) < 4.78 is 10.4. The smallest absolute Gasteiger partial charge is 0.327 e. The van der Waals surface area contributed by atoms with Gasteiger partial charge in [0, 0.05) is 42.3 Å². The number of methoxy groups -OCH3 is 2. The zero-order valence-corrected chi connectivity index (χ0v) is 19.2. The van der Waals surface area contributed by atoms with E-state index in [1.54, 1.807) is 42.3 Å². The second-order valence-corrected chi connectivity index (χ2v) is 8.09. The Balaban J connectivity index is 1.68. The van der Waals surface area contributed by atoms with Gasteiger partial charge in [-0.1, -0.05) is 23.7 Å². The van der Waals surface area contributed by atoms with Gasteiger partial charge < -0.3 is 14.4 Å². The predicted octanol–water partition coefficient (Wildman–Crippen LogP) is 3.15. The van der Waals surface area contributed by atoms with Gasteiger partial charge in [-0.2, -0.15) is 0 Å². The van der Waals surface area contributed by atoms with Crippen LogP contribution < -0.4 is 4.74 Å². The molecule has 0 aromatic heterocycles. The number of esters is 1. The largest absolute Gasteiger partial charge is 0.496 e. The van der Waals surface area contributed by atoms with E-state index in [4.69, 9.17) is 21.1 Å². The van der Waals surface area contributed by atoms with E-state index in [1.807, 2.05) is 17.0 Å². The average molecular weight is 459 g/mol. The highest BCUT2D eigenvalue weighted by Crippen LogP contribution is 2.26. The van der Waals surface area contributed by atoms with Crippen molar-refractivity contribution < 1.29 is 23.9 Å². The van der Waals surface area contributed by atoms with Gasteiger partial charge in [-0.05, 0) is 42.8 Å². The lowest BCUT2D eigenvalue weighted by atomic mass is 10.0. The molecule has 0 saturated carbocycles. The Morgan fingerprint density at radius 2 is 1.66 bits per heavy atom. The first kappa shape index (κ1) is 23.8. The van der Waals surface area contributed by atoms with Gasteiger partial charge in [-0.25, -0.2) is 4.79 Å². The summed E-state index contributed by atoms with van der Waals surface area (Å²) in [7, 11) is 2.91. The minimum atomic E-state index is -0.554. The molecule has 1 amide bonds. The Kier molecular flexibility index (Phi) is 7.88. The lowest BCUT2D eigenvalue weighted by molar-refractivity contribution is -0.148. The van der Waals surface area contributed by atoms with Gasteiger partial charge in [0.15, 0.2) is 5.78 Å². The summed E-state index contributed by atoms with van der Waals surface area (Å²) in [6.45, 7) is 3.51. The second-order valence-electron chi connectivity index (χ2n) is 7.65. The number of rotatable bonds is 7. The van der Waals surface area contributed by atoms with Gasteiger partial charge >= 0.3 is 5.97 Å². The Bertz CT molecular complexity index is 984. The molecular formula is C24H27ClN2O5. The number of amides is 1. The normalized spacial score (nSPS) is 15.2. The maximum Gasteiger partial charge on any atom is 0.327 e. The highest BCUT2D eigenvalue weighted by atomic mass is 35.5. The molecule has 0 spiro atoms. The molecule has 1 aliphatic rings. The zero-order valence-electron chi connectivity index (χ0n) is 18.5. The number of hydrogen-bond acceptors (Lipinski definition) is 6. The van der Waals surface area contributed by atoms with Crippen molar-refractivity contribution in [2.24, 2.45) is 0 Å². The second kappa shape index (κ2) is 10.6. The summed E-state index contributed by atoms with van der Waals surface area (Å²) in [5.41, 5.74) is 2.02. The van der Waals surface area contributed by atoms with Crippen molar-refractivity contribution >= 4 is 29.3 Å². The van der Waals surface area contributed by atoms with E-state index in [2.05, 4.69) is 0 Å². The number of nitrogens with zero attached hydrogens (tertiary/aromatic N) is 2. The minimum Gasteiger partial charge on any atom is -0.496 e. The summed E-state index contributed by atoms with van der Waals surface area (Å²) in [5.74, 6) is 0.115. The van der Waals surface area contributed by atoms with Gasteiger partial charge in [0.1, 0.15) is 11.8 Å². The average Bonchev–Trinajstić information content (AvgIpc) is 2.80. The number of carbonyl (C=O) groups is 3. The number of carbonyl (C=O) groups excluding carboxylic acids is 3. The molecule has 0 unspecified atom stereocenters. The molecule has 1 saturated heterocycles. The molecule has 32 heavy (non-hydrogen) atoms. The highest BCUT2D eigenvalue weighted by Gasteiger charge is 2.32. The van der Waals surface area contributed by atoms with Crippen molar-refractivity contribution in [1.29, 1.82) is 0 Å². The van der Waals surface area contributed by atoms with Crippen molar-refractivity contribution in [3.63, 3.8) is 0 Å². The van der Waals surface area contributed by atoms with Crippen LogP contribution in [0.15, 0.2) is 42.5 Å². The van der Waals surface area contributed by atoms with E-state index in [1.165, 1.54) is 14.0 Å². The summed E-state index contributed by atoms with van der Waals surface area (Å²) >= 11 is 5.98. The van der Waals surface area contributed by atoms with Crippen LogP contribution in [0.4, 0.5) is 0 Å². The number of halogens is 1. The van der Waals surface area contributed by atoms with Crippen molar-refractivity contribution in [2.75, 3.05) is 40.4 Å². The van der Waals surface area contributed by atoms with Crippen molar-refractivity contribution in [1.82, 2.24) is 9.80 Å². The van der Waals surface area contributed by atoms with E-state index in [9.17, 15) is 14.4 Å². The van der Waals surface area contributed by atoms with E-state index >= 15 is 0 Å². The van der Waals surface area contributed by atoms with Crippen LogP contribution in [0.25, 0.3) is 0 Å². The predicted molar refractivity (Wildman–Crippen MR) is 121 cm³/mol. The van der Waals surface area contributed by atoms with Crippen LogP contribution >= 0.6 is 11.6 Å². The van der Waals surface area contributed by atoms with E-state index < -0.39 is 6.04 Å². The lowest BCUT2D eigenvalue weighted by Gasteiger charge is -2.38. The van der Waals surface area contributed by atoms with E-state index in [-0.39, 0.29) is 24.1 Å². The highest BCUT2D eigenvalue weighted by molar-refractivity contribution is 6.30. The summed E-state index contributed by atoms with van der Waals surface area (Å²) in [4.78, 5) is 40.9. The monoisotopic (exact) mass is 458 g/mol. The molecule has 1 heterocycles. The van der Waals surface area contributed by atoms with Crippen LogP contribution in [0.3, 0.4) is 0 Å². The van der Waals surface area contributed by atoms with Gasteiger partial charge in [0.25, 0.3) is 0 Å². The van der Waals surface area contributed by atoms with Crippen LogP contribution in [0.1, 0.15) is 34.5 Å². The Morgan fingerprint density at radius 3 is 2.22 bits per heavy atom. The summed E-state index contributed by atoms with van der Waals surface area (Å²) in [6.07, 6.45) is 0.141. The number of piperazine rings is 1. The molecule has 0 radical (unpaired) electrons. The Labute approximate surface area is 192 Å². The van der Waals surface area contributed by atoms with E-state index in [0.717, 1.165) is 5.56 Å². The molecular weight excluding hydrogens is 432 g/mol. The number of benzene rings is 2. The number of ether oxygens (including phenoxy) is 2. The first-order chi connectivity index (χ1) is 15.3. The quantitative estimate of drug-likeness (QED) is 0.468. The lowest BCUT2D eigenvalue weighted by Crippen LogP contribution is -2.51. The van der Waals surface area contributed by atoms with Crippen LogP contribution in [0.2, 0.25) is 5.02 Å². The molecule has 2 aromatic rings. The number of hydrogen-bond donors (Lipinski definition) is 0. The van der Waals surface area contributed by atoms with Crippen molar-refractivity contribution in [2.45, 2.75) is 19.4 Å². The Morgan fingerprint density at radius 1 is 1.00 bits per heavy atom. The SMILES string of the molecule is COC(=O)[C@@H](c1ccc(Cl)cc1)N1CCN(C(=O)Cc2cc(C(C)=O)ccc2OC)CC1. The molecule has 0 aliphatic carbocycles. The van der Waals surface area contributed by atoms with E-state index in [0.29, 0.717) is 48.1 Å². The topological polar surface area (TPSA) is 76.2 Å². The first-order valence-corrected chi connectivity index (χ1v) is 10.7. The molecule has 1 atom stereocenters. The van der Waals surface area contributed by atoms with Gasteiger partial charge in [-0.3, -0.25) is 14.5 Å². The van der Waals surface area contributed by atoms with Gasteiger partial charge in [0.05, 0.1) is 20.6 Å². The molecule has 2 aromatic carbocycles. The molecule has 170 valence electrons. The molecule has 0 bridgehead atoms. The third-order valence-electron chi connectivity index (χ3n) is 5.67. The fraction of sp³-hybridized carbons (Fsp3) is 0.375. The fourth-order valence-electron chi connectivity index (χ4n) is 3.89. The van der Waals surface area contributed by atoms with Crippen molar-refractivity contribution in [3.05, 3.63) is 64.2 Å². The standard InChI is InChI=1S/C24H27ClN2O5/c1-16(28)18-6-9-21(31-2)19(14-18)15-22(29)26-10-12-27(13-11-26)23(24(30)32-3)17-4-7-20(25)8-5-17/h4-9,14,23H,10-13,15H2,1-3H3/t23-/m1/s1. The molecule has 1 aliphatic heterocycles. The van der Waals surface area contributed by atoms with Gasteiger partial charge in [-0.15, -0.1) is 0 Å². The molecule has 8 heteroatoms. The maximum atomic E-state index is 13.0. The molecule has 1 fully saturated rings. The van der Waals surface area contributed by atoms with Crippen LogP contribution in [0.5, 0.6) is 5.75 Å². The van der Waals surface area contributed by atoms with Crippen LogP contribution in [-0.4, -0.2) is 67.9 Å². The number of ketones is 1. The summed E-state index contributed by atoms with van der Waals surface area (Å²) in [6, 6.07) is 11.7.